The summed E-state index contributed by atoms with van der Waals surface area (Å²) < 4.78 is 0. The molecule has 1 aromatic carbocycles. The van der Waals surface area contributed by atoms with Crippen molar-refractivity contribution in [3.8, 4) is 0 Å². The highest BCUT2D eigenvalue weighted by atomic mass is 16.4. The first-order valence-electron chi connectivity index (χ1n) is 13.3. The van der Waals surface area contributed by atoms with Crippen molar-refractivity contribution in [1.82, 2.24) is 16.0 Å². The quantitative estimate of drug-likeness (QED) is 0.0470. The van der Waals surface area contributed by atoms with Crippen LogP contribution in [0.1, 0.15) is 50.5 Å². The molecular formula is C26H42N8O7. The van der Waals surface area contributed by atoms with Crippen LogP contribution in [0.4, 0.5) is 0 Å². The van der Waals surface area contributed by atoms with Gasteiger partial charge in [0.1, 0.15) is 18.1 Å². The SMILES string of the molecule is NCCCCC(N)C(=O)NC(CCCN=C(N)N)C(=O)NC(Cc1ccccc1)C(=O)NC(CCC(=O)O)C(=O)O. The molecule has 0 aliphatic carbocycles. The predicted molar refractivity (Wildman–Crippen MR) is 151 cm³/mol. The number of amides is 3. The Balaban J connectivity index is 3.13. The predicted octanol–water partition coefficient (Wildman–Crippen LogP) is -1.86. The molecule has 4 atom stereocenters. The van der Waals surface area contributed by atoms with Gasteiger partial charge in [0.15, 0.2) is 5.96 Å². The standard InChI is InChI=1S/C26H42N8O7/c27-13-5-4-9-17(28)22(37)32-18(10-6-14-31-26(29)30)23(38)34-20(15-16-7-2-1-3-8-16)24(39)33-19(25(40)41)11-12-21(35)36/h1-3,7-8,17-20H,4-6,9-15,27-28H2,(H,32,37)(H,33,39)(H,34,38)(H,35,36)(H,40,41)(H4,29,30,31). The number of unbranched alkanes of at least 4 members (excludes halogenated alkanes) is 1. The second-order valence-electron chi connectivity index (χ2n) is 9.48. The maximum Gasteiger partial charge on any atom is 0.326 e. The van der Waals surface area contributed by atoms with Gasteiger partial charge in [-0.2, -0.15) is 0 Å². The van der Waals surface area contributed by atoms with Gasteiger partial charge in [-0.15, -0.1) is 0 Å². The van der Waals surface area contributed by atoms with Gasteiger partial charge in [-0.25, -0.2) is 4.79 Å². The largest absolute Gasteiger partial charge is 0.481 e. The zero-order valence-corrected chi connectivity index (χ0v) is 23.0. The summed E-state index contributed by atoms with van der Waals surface area (Å²) in [5, 5.41) is 25.9. The van der Waals surface area contributed by atoms with Gasteiger partial charge in [-0.3, -0.25) is 24.2 Å². The first-order valence-corrected chi connectivity index (χ1v) is 13.3. The van der Waals surface area contributed by atoms with E-state index in [1.807, 2.05) is 0 Å². The molecule has 0 aliphatic rings. The van der Waals surface area contributed by atoms with Crippen LogP contribution in [0.5, 0.6) is 0 Å². The maximum atomic E-state index is 13.4. The second kappa shape index (κ2) is 18.9. The van der Waals surface area contributed by atoms with Crippen LogP contribution in [0.15, 0.2) is 35.3 Å². The van der Waals surface area contributed by atoms with Crippen molar-refractivity contribution < 1.29 is 34.2 Å². The fraction of sp³-hybridized carbons (Fsp3) is 0.538. The number of carboxylic acid groups (broad SMARTS) is 2. The Bertz CT molecular complexity index is 1030. The average Bonchev–Trinajstić information content (AvgIpc) is 2.92. The van der Waals surface area contributed by atoms with E-state index in [4.69, 9.17) is 28.0 Å². The third kappa shape index (κ3) is 14.6. The van der Waals surface area contributed by atoms with Gasteiger partial charge in [0, 0.05) is 19.4 Å². The van der Waals surface area contributed by atoms with Gasteiger partial charge in [-0.1, -0.05) is 36.8 Å². The van der Waals surface area contributed by atoms with Crippen LogP contribution in [-0.4, -0.2) is 83.1 Å². The number of hydrogen-bond donors (Lipinski definition) is 9. The lowest BCUT2D eigenvalue weighted by Gasteiger charge is -2.25. The summed E-state index contributed by atoms with van der Waals surface area (Å²) in [6, 6.07) is 3.95. The summed E-state index contributed by atoms with van der Waals surface area (Å²) in [6.45, 7) is 0.635. The molecule has 3 amide bonds. The number of nitrogens with zero attached hydrogens (tertiary/aromatic N) is 1. The first-order chi connectivity index (χ1) is 19.4. The highest BCUT2D eigenvalue weighted by Crippen LogP contribution is 2.08. The zero-order valence-electron chi connectivity index (χ0n) is 23.0. The number of aliphatic carboxylic acids is 2. The van der Waals surface area contributed by atoms with Crippen molar-refractivity contribution in [2.24, 2.45) is 27.9 Å². The lowest BCUT2D eigenvalue weighted by atomic mass is 10.0. The maximum absolute atomic E-state index is 13.4. The summed E-state index contributed by atoms with van der Waals surface area (Å²) in [5.41, 5.74) is 22.8. The van der Waals surface area contributed by atoms with E-state index in [0.29, 0.717) is 37.8 Å². The van der Waals surface area contributed by atoms with Crippen LogP contribution in [0.25, 0.3) is 0 Å². The molecule has 13 N–H and O–H groups in total. The summed E-state index contributed by atoms with van der Waals surface area (Å²) in [4.78, 5) is 65.8. The molecule has 0 spiro atoms. The highest BCUT2D eigenvalue weighted by molar-refractivity contribution is 5.94. The number of carboxylic acids is 2. The summed E-state index contributed by atoms with van der Waals surface area (Å²) in [7, 11) is 0. The molecule has 0 fully saturated rings. The molecule has 41 heavy (non-hydrogen) atoms. The molecule has 1 aromatic rings. The number of aliphatic imine (C=N–C) groups is 1. The van der Waals surface area contributed by atoms with E-state index in [0.717, 1.165) is 0 Å². The minimum absolute atomic E-state index is 0.00302. The fourth-order valence-corrected chi connectivity index (χ4v) is 3.82. The Kier molecular flexibility index (Phi) is 16.1. The smallest absolute Gasteiger partial charge is 0.326 e. The second-order valence-corrected chi connectivity index (χ2v) is 9.48. The average molecular weight is 579 g/mol. The van der Waals surface area contributed by atoms with Crippen molar-refractivity contribution in [3.63, 3.8) is 0 Å². The lowest BCUT2D eigenvalue weighted by Crippen LogP contribution is -2.57. The van der Waals surface area contributed by atoms with Crippen LogP contribution in [0, 0.1) is 0 Å². The Morgan fingerprint density at radius 2 is 1.39 bits per heavy atom. The molecule has 0 aromatic heterocycles. The molecule has 0 radical (unpaired) electrons. The van der Waals surface area contributed by atoms with Gasteiger partial charge in [-0.05, 0) is 44.2 Å². The van der Waals surface area contributed by atoms with E-state index >= 15 is 0 Å². The number of rotatable bonds is 20. The van der Waals surface area contributed by atoms with Gasteiger partial charge < -0.3 is 49.1 Å². The van der Waals surface area contributed by atoms with E-state index in [1.165, 1.54) is 0 Å². The fourth-order valence-electron chi connectivity index (χ4n) is 3.82. The molecular weight excluding hydrogens is 536 g/mol. The van der Waals surface area contributed by atoms with Gasteiger partial charge in [0.05, 0.1) is 6.04 Å². The van der Waals surface area contributed by atoms with E-state index in [9.17, 15) is 29.1 Å². The molecule has 228 valence electrons. The van der Waals surface area contributed by atoms with Crippen LogP contribution in [0.3, 0.4) is 0 Å². The molecule has 4 unspecified atom stereocenters. The third-order valence-electron chi connectivity index (χ3n) is 6.06. The Hall–Kier alpha value is -4.24. The number of benzene rings is 1. The molecule has 0 saturated carbocycles. The van der Waals surface area contributed by atoms with Gasteiger partial charge in [0.25, 0.3) is 0 Å². The van der Waals surface area contributed by atoms with Gasteiger partial charge >= 0.3 is 11.9 Å². The summed E-state index contributed by atoms with van der Waals surface area (Å²) in [5.74, 6) is -4.87. The molecule has 0 saturated heterocycles. The Morgan fingerprint density at radius 1 is 0.780 bits per heavy atom. The topological polar surface area (TPSA) is 278 Å². The van der Waals surface area contributed by atoms with Crippen LogP contribution < -0.4 is 38.9 Å². The summed E-state index contributed by atoms with van der Waals surface area (Å²) >= 11 is 0. The van der Waals surface area contributed by atoms with Crippen molar-refractivity contribution in [3.05, 3.63) is 35.9 Å². The number of carbonyl (C=O) groups excluding carboxylic acids is 3. The molecule has 1 rings (SSSR count). The molecule has 0 aliphatic heterocycles. The van der Waals surface area contributed by atoms with E-state index < -0.39 is 60.2 Å². The van der Waals surface area contributed by atoms with E-state index in [-0.39, 0.29) is 31.8 Å². The molecule has 15 nitrogen and oxygen atoms in total. The minimum Gasteiger partial charge on any atom is -0.481 e. The Morgan fingerprint density at radius 3 is 1.98 bits per heavy atom. The van der Waals surface area contributed by atoms with Crippen molar-refractivity contribution in [2.75, 3.05) is 13.1 Å². The summed E-state index contributed by atoms with van der Waals surface area (Å²) in [6.07, 6.45) is 1.25. The molecule has 15 heteroatoms. The van der Waals surface area contributed by atoms with E-state index in [2.05, 4.69) is 20.9 Å². The van der Waals surface area contributed by atoms with Gasteiger partial charge in [0.2, 0.25) is 17.7 Å². The van der Waals surface area contributed by atoms with Crippen molar-refractivity contribution in [2.45, 2.75) is 75.5 Å². The van der Waals surface area contributed by atoms with Crippen molar-refractivity contribution in [1.29, 1.82) is 0 Å². The number of hydrogen-bond acceptors (Lipinski definition) is 8. The minimum atomic E-state index is -1.49. The first kappa shape index (κ1) is 34.8. The number of nitrogens with one attached hydrogen (secondary N) is 3. The number of nitrogens with two attached hydrogens (primary N) is 4. The van der Waals surface area contributed by atoms with Crippen LogP contribution in [-0.2, 0) is 30.4 Å². The normalized spacial score (nSPS) is 13.6. The van der Waals surface area contributed by atoms with Crippen molar-refractivity contribution >= 4 is 35.6 Å². The number of carbonyl (C=O) groups is 5. The van der Waals surface area contributed by atoms with Crippen LogP contribution >= 0.6 is 0 Å². The number of guanidine groups is 1. The highest BCUT2D eigenvalue weighted by Gasteiger charge is 2.30. The third-order valence-corrected chi connectivity index (χ3v) is 6.06. The van der Waals surface area contributed by atoms with E-state index in [1.54, 1.807) is 30.3 Å². The monoisotopic (exact) mass is 578 g/mol. The zero-order chi connectivity index (χ0) is 30.8. The molecule has 0 bridgehead atoms. The lowest BCUT2D eigenvalue weighted by molar-refractivity contribution is -0.143. The Labute approximate surface area is 238 Å². The van der Waals surface area contributed by atoms with Crippen LogP contribution in [0.2, 0.25) is 0 Å². The molecule has 0 heterocycles.